The molecule has 2 fully saturated rings. The molecule has 0 spiro atoms. The van der Waals surface area contributed by atoms with Gasteiger partial charge < -0.3 is 4.90 Å². The summed E-state index contributed by atoms with van der Waals surface area (Å²) in [6, 6.07) is 20.0. The van der Waals surface area contributed by atoms with Gasteiger partial charge in [0, 0.05) is 37.2 Å². The third-order valence-corrected chi connectivity index (χ3v) is 9.43. The molecular formula is C33H37Cl2FN2O. The molecule has 3 nitrogen and oxygen atoms in total. The zero-order valence-electron chi connectivity index (χ0n) is 23.0. The molecule has 39 heavy (non-hydrogen) atoms. The minimum absolute atomic E-state index is 0.0256. The van der Waals surface area contributed by atoms with Crippen LogP contribution in [0.5, 0.6) is 0 Å². The Hall–Kier alpha value is -2.40. The molecule has 0 aliphatic carbocycles. The Kier molecular flexibility index (Phi) is 8.66. The fourth-order valence-electron chi connectivity index (χ4n) is 6.87. The number of rotatable bonds is 8. The van der Waals surface area contributed by atoms with Crippen molar-refractivity contribution >= 4 is 29.1 Å². The van der Waals surface area contributed by atoms with Gasteiger partial charge in [0.05, 0.1) is 10.0 Å². The highest BCUT2D eigenvalue weighted by Gasteiger charge is 2.41. The van der Waals surface area contributed by atoms with Crippen LogP contribution in [0.3, 0.4) is 0 Å². The molecule has 5 rings (SSSR count). The number of likely N-dealkylation sites (N-methyl/N-ethyl adjacent to an activating group) is 1. The summed E-state index contributed by atoms with van der Waals surface area (Å²) in [4.78, 5) is 17.9. The molecule has 2 unspecified atom stereocenters. The van der Waals surface area contributed by atoms with Crippen molar-refractivity contribution in [1.82, 2.24) is 9.80 Å². The second kappa shape index (κ2) is 12.0. The van der Waals surface area contributed by atoms with Crippen LogP contribution in [-0.2, 0) is 0 Å². The zero-order valence-corrected chi connectivity index (χ0v) is 24.5. The maximum absolute atomic E-state index is 14.5. The Morgan fingerprint density at radius 3 is 2.28 bits per heavy atom. The number of hydrogen-bond donors (Lipinski definition) is 0. The predicted octanol–water partition coefficient (Wildman–Crippen LogP) is 8.41. The fraction of sp³-hybridized carbons (Fsp3) is 0.424. The van der Waals surface area contributed by atoms with E-state index in [1.807, 2.05) is 68.3 Å². The lowest BCUT2D eigenvalue weighted by Crippen LogP contribution is -2.43. The number of amides is 1. The van der Waals surface area contributed by atoms with Crippen LogP contribution in [0.2, 0.25) is 10.0 Å². The summed E-state index contributed by atoms with van der Waals surface area (Å²) >= 11 is 12.7. The van der Waals surface area contributed by atoms with Gasteiger partial charge in [0.15, 0.2) is 0 Å². The van der Waals surface area contributed by atoms with E-state index in [4.69, 9.17) is 23.2 Å². The fourth-order valence-corrected chi connectivity index (χ4v) is 7.17. The van der Waals surface area contributed by atoms with Crippen molar-refractivity contribution in [1.29, 1.82) is 0 Å². The summed E-state index contributed by atoms with van der Waals surface area (Å²) in [6.07, 6.45) is 5.23. The molecule has 3 aromatic carbocycles. The summed E-state index contributed by atoms with van der Waals surface area (Å²) in [6.45, 7) is 5.57. The van der Waals surface area contributed by atoms with Gasteiger partial charge in [-0.15, -0.1) is 0 Å². The Labute approximate surface area is 241 Å². The lowest BCUT2D eigenvalue weighted by atomic mass is 9.84. The Morgan fingerprint density at radius 2 is 1.64 bits per heavy atom. The maximum atomic E-state index is 14.5. The molecule has 2 aliphatic heterocycles. The number of benzene rings is 3. The van der Waals surface area contributed by atoms with E-state index >= 15 is 0 Å². The van der Waals surface area contributed by atoms with Crippen LogP contribution in [0.15, 0.2) is 60.7 Å². The molecule has 2 bridgehead atoms. The summed E-state index contributed by atoms with van der Waals surface area (Å²) in [5.74, 6) is 0.347. The number of carbonyl (C=O) groups is 1. The molecule has 3 aromatic rings. The number of aryl methyl sites for hydroxylation is 2. The second-order valence-electron chi connectivity index (χ2n) is 11.5. The van der Waals surface area contributed by atoms with Crippen molar-refractivity contribution in [3.63, 3.8) is 0 Å². The highest BCUT2D eigenvalue weighted by molar-refractivity contribution is 6.42. The molecule has 3 atom stereocenters. The summed E-state index contributed by atoms with van der Waals surface area (Å²) < 4.78 is 14.5. The van der Waals surface area contributed by atoms with Crippen molar-refractivity contribution in [2.45, 2.75) is 69.9 Å². The van der Waals surface area contributed by atoms with E-state index in [0.717, 1.165) is 66.5 Å². The van der Waals surface area contributed by atoms with E-state index < -0.39 is 0 Å². The van der Waals surface area contributed by atoms with Gasteiger partial charge in [-0.05, 0) is 99.9 Å². The molecule has 2 saturated heterocycles. The number of hydrogen-bond acceptors (Lipinski definition) is 2. The SMILES string of the molecule is Cc1cc(C)cc(C(=O)N(C)C[C@@H](CCN2C3CCC2CC(c2ccccc2F)C3)c2ccc(Cl)c(Cl)c2)c1. The first kappa shape index (κ1) is 28.1. The lowest BCUT2D eigenvalue weighted by molar-refractivity contribution is 0.0774. The van der Waals surface area contributed by atoms with Crippen molar-refractivity contribution < 1.29 is 9.18 Å². The molecule has 0 N–H and O–H groups in total. The average molecular weight is 568 g/mol. The number of nitrogens with zero attached hydrogens (tertiary/aromatic N) is 2. The third kappa shape index (κ3) is 6.34. The first-order valence-electron chi connectivity index (χ1n) is 14.0. The van der Waals surface area contributed by atoms with E-state index in [-0.39, 0.29) is 23.6 Å². The first-order valence-corrected chi connectivity index (χ1v) is 14.7. The Bertz CT molecular complexity index is 1310. The molecule has 206 valence electrons. The van der Waals surface area contributed by atoms with E-state index in [2.05, 4.69) is 11.0 Å². The molecule has 1 amide bonds. The number of carbonyl (C=O) groups excluding carboxylic acids is 1. The van der Waals surface area contributed by atoms with Crippen LogP contribution in [0.4, 0.5) is 4.39 Å². The van der Waals surface area contributed by atoms with Gasteiger partial charge in [0.1, 0.15) is 5.82 Å². The molecule has 0 saturated carbocycles. The summed E-state index contributed by atoms with van der Waals surface area (Å²) in [5.41, 5.74) is 4.85. The minimum atomic E-state index is -0.0773. The van der Waals surface area contributed by atoms with E-state index in [1.54, 1.807) is 12.1 Å². The number of piperidine rings is 1. The highest BCUT2D eigenvalue weighted by atomic mass is 35.5. The third-order valence-electron chi connectivity index (χ3n) is 8.69. The van der Waals surface area contributed by atoms with Gasteiger partial charge >= 0.3 is 0 Å². The van der Waals surface area contributed by atoms with Crippen molar-refractivity contribution in [2.75, 3.05) is 20.1 Å². The maximum Gasteiger partial charge on any atom is 0.253 e. The van der Waals surface area contributed by atoms with E-state index in [1.165, 1.54) is 0 Å². The second-order valence-corrected chi connectivity index (χ2v) is 12.3. The van der Waals surface area contributed by atoms with Crippen LogP contribution in [-0.4, -0.2) is 47.9 Å². The summed E-state index contributed by atoms with van der Waals surface area (Å²) in [5, 5.41) is 1.07. The molecule has 2 heterocycles. The monoisotopic (exact) mass is 566 g/mol. The largest absolute Gasteiger partial charge is 0.341 e. The smallest absolute Gasteiger partial charge is 0.253 e. The quantitative estimate of drug-likeness (QED) is 0.273. The van der Waals surface area contributed by atoms with Gasteiger partial charge in [-0.1, -0.05) is 64.7 Å². The van der Waals surface area contributed by atoms with Crippen molar-refractivity contribution in [3.8, 4) is 0 Å². The van der Waals surface area contributed by atoms with Gasteiger partial charge in [0.2, 0.25) is 0 Å². The molecule has 0 aromatic heterocycles. The first-order chi connectivity index (χ1) is 18.7. The Morgan fingerprint density at radius 1 is 0.974 bits per heavy atom. The average Bonchev–Trinajstić information content (AvgIpc) is 3.13. The van der Waals surface area contributed by atoms with E-state index in [0.29, 0.717) is 28.7 Å². The Balaban J connectivity index is 1.31. The minimum Gasteiger partial charge on any atom is -0.341 e. The van der Waals surface area contributed by atoms with Gasteiger partial charge in [-0.2, -0.15) is 0 Å². The highest BCUT2D eigenvalue weighted by Crippen LogP contribution is 2.44. The van der Waals surface area contributed by atoms with Crippen LogP contribution < -0.4 is 0 Å². The van der Waals surface area contributed by atoms with Crippen LogP contribution in [0.25, 0.3) is 0 Å². The number of halogens is 3. The number of fused-ring (bicyclic) bond motifs is 2. The molecular weight excluding hydrogens is 530 g/mol. The zero-order chi connectivity index (χ0) is 27.7. The predicted molar refractivity (Wildman–Crippen MR) is 159 cm³/mol. The van der Waals surface area contributed by atoms with Crippen LogP contribution in [0, 0.1) is 19.7 Å². The van der Waals surface area contributed by atoms with Gasteiger partial charge in [0.25, 0.3) is 5.91 Å². The standard InChI is InChI=1S/C33H37Cl2FN2O/c1-21-14-22(2)16-26(15-21)33(39)37(3)20-24(23-8-11-30(34)31(35)19-23)12-13-38-27-9-10-28(38)18-25(17-27)29-6-4-5-7-32(29)36/h4-8,11,14-16,19,24-25,27-28H,9-10,12-13,17-18,20H2,1-3H3/t24-,25?,27?,28?/m1/s1. The summed E-state index contributed by atoms with van der Waals surface area (Å²) in [7, 11) is 1.88. The molecule has 0 radical (unpaired) electrons. The van der Waals surface area contributed by atoms with E-state index in [9.17, 15) is 9.18 Å². The molecule has 2 aliphatic rings. The normalized spacial score (nSPS) is 21.6. The van der Waals surface area contributed by atoms with Gasteiger partial charge in [-0.3, -0.25) is 9.69 Å². The van der Waals surface area contributed by atoms with Gasteiger partial charge in [-0.25, -0.2) is 4.39 Å². The lowest BCUT2D eigenvalue weighted by Gasteiger charge is -2.40. The molecule has 6 heteroatoms. The van der Waals surface area contributed by atoms with Crippen LogP contribution >= 0.6 is 23.2 Å². The van der Waals surface area contributed by atoms with Crippen molar-refractivity contribution in [2.24, 2.45) is 0 Å². The van der Waals surface area contributed by atoms with Crippen molar-refractivity contribution in [3.05, 3.63) is 104 Å². The van der Waals surface area contributed by atoms with Crippen LogP contribution in [0.1, 0.15) is 76.6 Å². The topological polar surface area (TPSA) is 23.6 Å².